The highest BCUT2D eigenvalue weighted by Crippen LogP contribution is 2.11. The van der Waals surface area contributed by atoms with Crippen LogP contribution in [0.5, 0.6) is 0 Å². The molecular weight excluding hydrogens is 198 g/mol. The van der Waals surface area contributed by atoms with E-state index in [2.05, 4.69) is 18.1 Å². The Bertz CT molecular complexity index is 375. The molecule has 0 aliphatic carbocycles. The first kappa shape index (κ1) is 16.8. The van der Waals surface area contributed by atoms with Gasteiger partial charge < -0.3 is 4.98 Å². The molecule has 1 N–H and O–H groups in total. The van der Waals surface area contributed by atoms with Gasteiger partial charge in [0.2, 0.25) is 5.56 Å². The summed E-state index contributed by atoms with van der Waals surface area (Å²) in [6.07, 6.45) is 3.33. The summed E-state index contributed by atoms with van der Waals surface area (Å²) in [5, 5.41) is 0. The summed E-state index contributed by atoms with van der Waals surface area (Å²) in [7, 11) is 0. The largest absolute Gasteiger partial charge is 0.322 e. The number of rotatable bonds is 2. The molecule has 0 aliphatic rings. The van der Waals surface area contributed by atoms with Crippen molar-refractivity contribution in [3.05, 3.63) is 46.4 Å². The van der Waals surface area contributed by atoms with Gasteiger partial charge in [-0.25, -0.2) is 0 Å². The number of aryl methyl sites for hydroxylation is 1. The van der Waals surface area contributed by atoms with Gasteiger partial charge in [-0.2, -0.15) is 0 Å². The van der Waals surface area contributed by atoms with Crippen LogP contribution in [-0.2, 0) is 0 Å². The number of H-pyrrole nitrogens is 1. The molecule has 1 aromatic rings. The van der Waals surface area contributed by atoms with Crippen LogP contribution in [0.25, 0.3) is 12.2 Å². The molecule has 1 rings (SSSR count). The van der Waals surface area contributed by atoms with E-state index in [0.29, 0.717) is 0 Å². The number of pyridine rings is 1. The van der Waals surface area contributed by atoms with E-state index >= 15 is 0 Å². The molecule has 0 atom stereocenters. The summed E-state index contributed by atoms with van der Waals surface area (Å²) < 4.78 is 0. The van der Waals surface area contributed by atoms with Crippen LogP contribution in [0.4, 0.5) is 0 Å². The Hall–Kier alpha value is -1.57. The van der Waals surface area contributed by atoms with Gasteiger partial charge in [0.15, 0.2) is 0 Å². The standard InChI is InChI=1S/C10H11NO.2C2H6/c1-4-8-7(3)6-10(12)11-9(8)5-2;2*1-2/h4-6H,1-2H2,3H3,(H,11,12);2*1-2H3. The van der Waals surface area contributed by atoms with Crippen molar-refractivity contribution < 1.29 is 0 Å². The van der Waals surface area contributed by atoms with E-state index in [1.165, 1.54) is 0 Å². The summed E-state index contributed by atoms with van der Waals surface area (Å²) in [4.78, 5) is 13.7. The van der Waals surface area contributed by atoms with Gasteiger partial charge in [-0.15, -0.1) is 0 Å². The zero-order valence-electron chi connectivity index (χ0n) is 11.1. The molecule has 0 aliphatic heterocycles. The summed E-state index contributed by atoms with van der Waals surface area (Å²) >= 11 is 0. The molecule has 1 aromatic heterocycles. The molecule has 0 aromatic carbocycles. The van der Waals surface area contributed by atoms with Crippen LogP contribution in [0.2, 0.25) is 0 Å². The molecule has 1 heterocycles. The zero-order valence-corrected chi connectivity index (χ0v) is 11.1. The van der Waals surface area contributed by atoms with E-state index in [0.717, 1.165) is 16.8 Å². The quantitative estimate of drug-likeness (QED) is 0.803. The second kappa shape index (κ2) is 9.97. The predicted molar refractivity (Wildman–Crippen MR) is 74.7 cm³/mol. The minimum absolute atomic E-state index is 0.104. The van der Waals surface area contributed by atoms with Gasteiger partial charge in [0, 0.05) is 17.3 Å². The van der Waals surface area contributed by atoms with Gasteiger partial charge in [0.1, 0.15) is 0 Å². The molecule has 0 saturated carbocycles. The normalized spacial score (nSPS) is 7.81. The van der Waals surface area contributed by atoms with E-state index in [1.807, 2.05) is 34.6 Å². The SMILES string of the molecule is C=Cc1[nH]c(=O)cc(C)c1C=C.CC.CC. The Morgan fingerprint density at radius 3 is 2.00 bits per heavy atom. The zero-order chi connectivity index (χ0) is 13.1. The third-order valence-electron chi connectivity index (χ3n) is 1.73. The molecule has 2 nitrogen and oxygen atoms in total. The lowest BCUT2D eigenvalue weighted by molar-refractivity contribution is 1.17. The van der Waals surface area contributed by atoms with Gasteiger partial charge in [0.05, 0.1) is 0 Å². The van der Waals surface area contributed by atoms with Crippen LogP contribution in [0.15, 0.2) is 24.0 Å². The third kappa shape index (κ3) is 4.78. The van der Waals surface area contributed by atoms with Crippen molar-refractivity contribution in [2.24, 2.45) is 0 Å². The Morgan fingerprint density at radius 2 is 1.62 bits per heavy atom. The smallest absolute Gasteiger partial charge is 0.248 e. The fraction of sp³-hybridized carbons (Fsp3) is 0.357. The van der Waals surface area contributed by atoms with Crippen LogP contribution in [0.1, 0.15) is 44.5 Å². The maximum atomic E-state index is 11.0. The molecule has 0 fully saturated rings. The van der Waals surface area contributed by atoms with Crippen molar-refractivity contribution >= 4 is 12.2 Å². The van der Waals surface area contributed by atoms with Crippen molar-refractivity contribution in [1.82, 2.24) is 4.98 Å². The first-order valence-corrected chi connectivity index (χ1v) is 5.68. The first-order valence-electron chi connectivity index (χ1n) is 5.68. The molecule has 0 amide bonds. The second-order valence-corrected chi connectivity index (χ2v) is 2.55. The van der Waals surface area contributed by atoms with Crippen LogP contribution in [0, 0.1) is 6.92 Å². The third-order valence-corrected chi connectivity index (χ3v) is 1.73. The summed E-state index contributed by atoms with van der Waals surface area (Å²) in [6, 6.07) is 1.55. The summed E-state index contributed by atoms with van der Waals surface area (Å²) in [6.45, 7) is 17.1. The summed E-state index contributed by atoms with van der Waals surface area (Å²) in [5.41, 5.74) is 2.48. The Kier molecular flexibility index (Phi) is 10.5. The Balaban J connectivity index is 0. The van der Waals surface area contributed by atoms with Gasteiger partial charge in [0.25, 0.3) is 0 Å². The van der Waals surface area contributed by atoms with Gasteiger partial charge in [-0.3, -0.25) is 4.79 Å². The lowest BCUT2D eigenvalue weighted by Gasteiger charge is -2.02. The summed E-state index contributed by atoms with van der Waals surface area (Å²) in [5.74, 6) is 0. The lowest BCUT2D eigenvalue weighted by Crippen LogP contribution is -2.08. The van der Waals surface area contributed by atoms with Crippen molar-refractivity contribution in [3.8, 4) is 0 Å². The minimum atomic E-state index is -0.104. The Morgan fingerprint density at radius 1 is 1.12 bits per heavy atom. The van der Waals surface area contributed by atoms with E-state index in [-0.39, 0.29) is 5.56 Å². The number of nitrogens with one attached hydrogen (secondary N) is 1. The van der Waals surface area contributed by atoms with E-state index < -0.39 is 0 Å². The predicted octanol–water partition coefficient (Wildman–Crippen LogP) is 4.02. The minimum Gasteiger partial charge on any atom is -0.322 e. The van der Waals surface area contributed by atoms with Crippen LogP contribution >= 0.6 is 0 Å². The molecule has 0 unspecified atom stereocenters. The highest BCUT2D eigenvalue weighted by atomic mass is 16.1. The van der Waals surface area contributed by atoms with E-state index in [9.17, 15) is 4.79 Å². The monoisotopic (exact) mass is 221 g/mol. The highest BCUT2D eigenvalue weighted by Gasteiger charge is 2.00. The molecule has 0 bridgehead atoms. The first-order chi connectivity index (χ1) is 7.69. The average Bonchev–Trinajstić information content (AvgIpc) is 2.33. The van der Waals surface area contributed by atoms with Crippen molar-refractivity contribution in [3.63, 3.8) is 0 Å². The molecular formula is C14H23NO. The number of hydrogen-bond acceptors (Lipinski definition) is 1. The van der Waals surface area contributed by atoms with Crippen LogP contribution in [-0.4, -0.2) is 4.98 Å². The number of hydrogen-bond donors (Lipinski definition) is 1. The van der Waals surface area contributed by atoms with Gasteiger partial charge >= 0.3 is 0 Å². The average molecular weight is 221 g/mol. The fourth-order valence-electron chi connectivity index (χ4n) is 1.15. The van der Waals surface area contributed by atoms with E-state index in [1.54, 1.807) is 18.2 Å². The maximum Gasteiger partial charge on any atom is 0.248 e. The molecule has 2 heteroatoms. The van der Waals surface area contributed by atoms with Crippen molar-refractivity contribution in [1.29, 1.82) is 0 Å². The lowest BCUT2D eigenvalue weighted by atomic mass is 10.1. The number of aromatic amines is 1. The Labute approximate surface area is 98.7 Å². The van der Waals surface area contributed by atoms with Crippen LogP contribution in [0.3, 0.4) is 0 Å². The van der Waals surface area contributed by atoms with Crippen molar-refractivity contribution in [2.75, 3.05) is 0 Å². The number of aromatic nitrogens is 1. The molecule has 16 heavy (non-hydrogen) atoms. The molecule has 90 valence electrons. The van der Waals surface area contributed by atoms with E-state index in [4.69, 9.17) is 0 Å². The highest BCUT2D eigenvalue weighted by molar-refractivity contribution is 5.62. The molecule has 0 radical (unpaired) electrons. The molecule has 0 saturated heterocycles. The maximum absolute atomic E-state index is 11.0. The second-order valence-electron chi connectivity index (χ2n) is 2.55. The molecule has 0 spiro atoms. The van der Waals surface area contributed by atoms with Gasteiger partial charge in [-0.05, 0) is 18.6 Å². The van der Waals surface area contributed by atoms with Gasteiger partial charge in [-0.1, -0.05) is 46.9 Å². The van der Waals surface area contributed by atoms with Crippen LogP contribution < -0.4 is 5.56 Å². The van der Waals surface area contributed by atoms with Crippen molar-refractivity contribution in [2.45, 2.75) is 34.6 Å². The topological polar surface area (TPSA) is 32.9 Å². The fourth-order valence-corrected chi connectivity index (χ4v) is 1.15.